The summed E-state index contributed by atoms with van der Waals surface area (Å²) in [6.45, 7) is 1.68. The summed E-state index contributed by atoms with van der Waals surface area (Å²) in [6, 6.07) is 3.86. The lowest BCUT2D eigenvalue weighted by Gasteiger charge is -2.23. The molecule has 1 aromatic carbocycles. The first-order valence-electron chi connectivity index (χ1n) is 5.68. The molecule has 1 saturated heterocycles. The lowest BCUT2D eigenvalue weighted by molar-refractivity contribution is 0.0915. The average Bonchev–Trinajstić information content (AvgIpc) is 2.51. The van der Waals surface area contributed by atoms with Crippen molar-refractivity contribution < 1.29 is 17.6 Å². The predicted octanol–water partition coefficient (Wildman–Crippen LogP) is 1.90. The summed E-state index contributed by atoms with van der Waals surface area (Å²) in [6.07, 6.45) is 0.373. The Bertz CT molecular complexity index is 612. The topological polar surface area (TPSA) is 63.2 Å². The summed E-state index contributed by atoms with van der Waals surface area (Å²) in [5.41, 5.74) is -0.619. The molecule has 0 bridgehead atoms. The average molecular weight is 350 g/mol. The summed E-state index contributed by atoms with van der Waals surface area (Å²) in [4.78, 5) is 12.0. The molecule has 1 aromatic rings. The Kier molecular flexibility index (Phi) is 3.70. The zero-order valence-corrected chi connectivity index (χ0v) is 12.6. The Morgan fingerprint density at radius 3 is 2.63 bits per heavy atom. The van der Waals surface area contributed by atoms with Crippen LogP contribution in [0, 0.1) is 5.82 Å². The summed E-state index contributed by atoms with van der Waals surface area (Å²) in [7, 11) is -3.10. The van der Waals surface area contributed by atoms with Gasteiger partial charge in [0.1, 0.15) is 5.82 Å². The summed E-state index contributed by atoms with van der Waals surface area (Å²) < 4.78 is 36.6. The van der Waals surface area contributed by atoms with Gasteiger partial charge in [0.25, 0.3) is 5.91 Å². The van der Waals surface area contributed by atoms with Crippen molar-refractivity contribution in [3.63, 3.8) is 0 Å². The molecule has 1 aliphatic heterocycles. The zero-order valence-electron chi connectivity index (χ0n) is 10.2. The van der Waals surface area contributed by atoms with Gasteiger partial charge in [-0.05, 0) is 31.5 Å². The molecule has 1 heterocycles. The standard InChI is InChI=1S/C12H13BrFNO3S/c1-12(2-3-19(17,18)7-12)15-11(16)8-4-9(13)6-10(14)5-8/h4-6H,2-3,7H2,1H3,(H,15,16). The molecule has 1 fully saturated rings. The number of benzene rings is 1. The van der Waals surface area contributed by atoms with E-state index in [2.05, 4.69) is 21.2 Å². The normalized spacial score (nSPS) is 25.2. The van der Waals surface area contributed by atoms with E-state index >= 15 is 0 Å². The third-order valence-electron chi connectivity index (χ3n) is 3.04. The van der Waals surface area contributed by atoms with Crippen LogP contribution in [0.4, 0.5) is 4.39 Å². The predicted molar refractivity (Wildman–Crippen MR) is 73.2 cm³/mol. The van der Waals surface area contributed by atoms with Crippen molar-refractivity contribution >= 4 is 31.7 Å². The maximum absolute atomic E-state index is 13.2. The maximum atomic E-state index is 13.2. The number of sulfone groups is 1. The van der Waals surface area contributed by atoms with E-state index in [9.17, 15) is 17.6 Å². The number of halogens is 2. The molecular formula is C12H13BrFNO3S. The minimum Gasteiger partial charge on any atom is -0.346 e. The van der Waals surface area contributed by atoms with Gasteiger partial charge in [-0.3, -0.25) is 4.79 Å². The van der Waals surface area contributed by atoms with E-state index in [1.165, 1.54) is 12.1 Å². The van der Waals surface area contributed by atoms with Crippen LogP contribution < -0.4 is 5.32 Å². The molecule has 1 N–H and O–H groups in total. The van der Waals surface area contributed by atoms with Crippen LogP contribution in [0.5, 0.6) is 0 Å². The second-order valence-electron chi connectivity index (χ2n) is 5.01. The van der Waals surface area contributed by atoms with E-state index in [4.69, 9.17) is 0 Å². The van der Waals surface area contributed by atoms with E-state index in [1.807, 2.05) is 0 Å². The largest absolute Gasteiger partial charge is 0.346 e. The SMILES string of the molecule is CC1(NC(=O)c2cc(F)cc(Br)c2)CCS(=O)(=O)C1. The fourth-order valence-corrected chi connectivity index (χ4v) is 4.70. The van der Waals surface area contributed by atoms with Crippen molar-refractivity contribution in [1.82, 2.24) is 5.32 Å². The highest BCUT2D eigenvalue weighted by Gasteiger charge is 2.39. The molecule has 0 aliphatic carbocycles. The van der Waals surface area contributed by atoms with Gasteiger partial charge >= 0.3 is 0 Å². The molecule has 1 unspecified atom stereocenters. The number of rotatable bonds is 2. The Morgan fingerprint density at radius 1 is 1.42 bits per heavy atom. The summed E-state index contributed by atoms with van der Waals surface area (Å²) >= 11 is 3.11. The monoisotopic (exact) mass is 349 g/mol. The Hall–Kier alpha value is -0.950. The number of amides is 1. The molecule has 104 valence electrons. The van der Waals surface area contributed by atoms with Crippen LogP contribution in [0.15, 0.2) is 22.7 Å². The molecule has 19 heavy (non-hydrogen) atoms. The minimum absolute atomic E-state index is 0.0661. The Labute approximate surface area is 119 Å². The smallest absolute Gasteiger partial charge is 0.251 e. The fraction of sp³-hybridized carbons (Fsp3) is 0.417. The highest BCUT2D eigenvalue weighted by atomic mass is 79.9. The molecule has 4 nitrogen and oxygen atoms in total. The number of nitrogens with one attached hydrogen (secondary N) is 1. The van der Waals surface area contributed by atoms with E-state index < -0.39 is 27.1 Å². The van der Waals surface area contributed by atoms with Gasteiger partial charge in [0, 0.05) is 10.0 Å². The van der Waals surface area contributed by atoms with Crippen LogP contribution in [0.3, 0.4) is 0 Å². The molecular weight excluding hydrogens is 337 g/mol. The zero-order chi connectivity index (χ0) is 14.3. The molecule has 7 heteroatoms. The van der Waals surface area contributed by atoms with Crippen molar-refractivity contribution in [2.75, 3.05) is 11.5 Å². The van der Waals surface area contributed by atoms with Gasteiger partial charge in [-0.15, -0.1) is 0 Å². The second-order valence-corrected chi connectivity index (χ2v) is 8.11. The van der Waals surface area contributed by atoms with Crippen molar-refractivity contribution in [3.05, 3.63) is 34.1 Å². The van der Waals surface area contributed by atoms with Gasteiger partial charge in [0.15, 0.2) is 9.84 Å². The first-order valence-corrected chi connectivity index (χ1v) is 8.30. The lowest BCUT2D eigenvalue weighted by atomic mass is 10.0. The third kappa shape index (κ3) is 3.54. The van der Waals surface area contributed by atoms with Crippen molar-refractivity contribution in [3.8, 4) is 0 Å². The van der Waals surface area contributed by atoms with Gasteiger partial charge in [-0.1, -0.05) is 15.9 Å². The van der Waals surface area contributed by atoms with Crippen LogP contribution in [-0.2, 0) is 9.84 Å². The van der Waals surface area contributed by atoms with Gasteiger partial charge in [-0.25, -0.2) is 12.8 Å². The summed E-state index contributed by atoms with van der Waals surface area (Å²) in [5.74, 6) is -1.01. The first kappa shape index (κ1) is 14.5. The van der Waals surface area contributed by atoms with Crippen molar-refractivity contribution in [1.29, 1.82) is 0 Å². The van der Waals surface area contributed by atoms with E-state index in [0.717, 1.165) is 6.07 Å². The Balaban J connectivity index is 2.18. The molecule has 1 aliphatic rings. The number of carbonyl (C=O) groups is 1. The second kappa shape index (κ2) is 4.86. The van der Waals surface area contributed by atoms with Crippen LogP contribution in [0.25, 0.3) is 0 Å². The first-order chi connectivity index (χ1) is 8.69. The van der Waals surface area contributed by atoms with Crippen LogP contribution in [0.2, 0.25) is 0 Å². The number of hydrogen-bond donors (Lipinski definition) is 1. The third-order valence-corrected chi connectivity index (χ3v) is 5.40. The number of hydrogen-bond acceptors (Lipinski definition) is 3. The van der Waals surface area contributed by atoms with Gasteiger partial charge in [-0.2, -0.15) is 0 Å². The molecule has 0 spiro atoms. The van der Waals surface area contributed by atoms with Gasteiger partial charge in [0.2, 0.25) is 0 Å². The molecule has 1 amide bonds. The quantitative estimate of drug-likeness (QED) is 0.886. The van der Waals surface area contributed by atoms with Crippen molar-refractivity contribution in [2.24, 2.45) is 0 Å². The number of carbonyl (C=O) groups excluding carboxylic acids is 1. The highest BCUT2D eigenvalue weighted by molar-refractivity contribution is 9.10. The summed E-state index contributed by atoms with van der Waals surface area (Å²) in [5, 5.41) is 2.68. The maximum Gasteiger partial charge on any atom is 0.251 e. The van der Waals surface area contributed by atoms with Gasteiger partial charge < -0.3 is 5.32 Å². The van der Waals surface area contributed by atoms with E-state index in [1.54, 1.807) is 6.92 Å². The van der Waals surface area contributed by atoms with E-state index in [-0.39, 0.29) is 17.1 Å². The minimum atomic E-state index is -3.10. The van der Waals surface area contributed by atoms with E-state index in [0.29, 0.717) is 10.9 Å². The van der Waals surface area contributed by atoms with Crippen LogP contribution >= 0.6 is 15.9 Å². The molecule has 0 radical (unpaired) electrons. The Morgan fingerprint density at radius 2 is 2.11 bits per heavy atom. The lowest BCUT2D eigenvalue weighted by Crippen LogP contribution is -2.46. The molecule has 1 atom stereocenters. The fourth-order valence-electron chi connectivity index (χ4n) is 2.14. The van der Waals surface area contributed by atoms with Crippen LogP contribution in [-0.4, -0.2) is 31.4 Å². The van der Waals surface area contributed by atoms with Gasteiger partial charge in [0.05, 0.1) is 17.0 Å². The van der Waals surface area contributed by atoms with Crippen LogP contribution in [0.1, 0.15) is 23.7 Å². The molecule has 2 rings (SSSR count). The highest BCUT2D eigenvalue weighted by Crippen LogP contribution is 2.24. The van der Waals surface area contributed by atoms with Crippen molar-refractivity contribution in [2.45, 2.75) is 18.9 Å². The molecule has 0 aromatic heterocycles. The molecule has 0 saturated carbocycles.